The van der Waals surface area contributed by atoms with Crippen molar-refractivity contribution in [3.05, 3.63) is 11.4 Å². The second-order valence-corrected chi connectivity index (χ2v) is 6.84. The van der Waals surface area contributed by atoms with Gasteiger partial charge in [-0.1, -0.05) is 0 Å². The molecular weight excluding hydrogens is 322 g/mol. The highest BCUT2D eigenvalue weighted by atomic mass is 16.5. The molecule has 2 N–H and O–H groups in total. The van der Waals surface area contributed by atoms with E-state index in [4.69, 9.17) is 15.2 Å². The Labute approximate surface area is 148 Å². The van der Waals surface area contributed by atoms with Crippen LogP contribution in [0, 0.1) is 13.8 Å². The van der Waals surface area contributed by atoms with Crippen molar-refractivity contribution in [2.24, 2.45) is 0 Å². The minimum absolute atomic E-state index is 0.0545. The maximum Gasteiger partial charge on any atom is 0.317 e. The molecule has 25 heavy (non-hydrogen) atoms. The van der Waals surface area contributed by atoms with Crippen LogP contribution in [0.25, 0.3) is 0 Å². The molecule has 1 aromatic heterocycles. The number of nitrogens with zero attached hydrogens (tertiary/aromatic N) is 4. The molecule has 0 saturated carbocycles. The predicted octanol–water partition coefficient (Wildman–Crippen LogP) is 0.376. The number of piperidine rings is 1. The fourth-order valence-corrected chi connectivity index (χ4v) is 3.26. The van der Waals surface area contributed by atoms with Crippen molar-refractivity contribution in [2.75, 3.05) is 45.7 Å². The zero-order valence-electron chi connectivity index (χ0n) is 15.2. The van der Waals surface area contributed by atoms with Gasteiger partial charge in [0.05, 0.1) is 36.3 Å². The molecule has 1 amide bonds. The molecule has 1 aromatic rings. The summed E-state index contributed by atoms with van der Waals surface area (Å²) in [6, 6.07) is 1.02. The Morgan fingerprint density at radius 1 is 1.28 bits per heavy atom. The fraction of sp³-hybridized carbons (Fsp3) is 0.706. The summed E-state index contributed by atoms with van der Waals surface area (Å²) in [6.07, 6.45) is 1.96. The predicted molar refractivity (Wildman–Crippen MR) is 93.4 cm³/mol. The lowest BCUT2D eigenvalue weighted by Gasteiger charge is -2.43. The van der Waals surface area contributed by atoms with E-state index in [0.717, 1.165) is 39.1 Å². The molecule has 3 rings (SSSR count). The van der Waals surface area contributed by atoms with E-state index in [1.54, 1.807) is 18.7 Å². The van der Waals surface area contributed by atoms with Crippen LogP contribution in [0.15, 0.2) is 0 Å². The largest absolute Gasteiger partial charge is 0.453 e. The molecule has 138 valence electrons. The number of anilines is 1. The van der Waals surface area contributed by atoms with Gasteiger partial charge in [0.15, 0.2) is 6.61 Å². The molecule has 2 aliphatic heterocycles. The van der Waals surface area contributed by atoms with Crippen molar-refractivity contribution >= 4 is 11.6 Å². The van der Waals surface area contributed by atoms with E-state index in [2.05, 4.69) is 14.9 Å². The third-order valence-electron chi connectivity index (χ3n) is 5.21. The summed E-state index contributed by atoms with van der Waals surface area (Å²) in [4.78, 5) is 25.0. The Kier molecular flexibility index (Phi) is 5.39. The Morgan fingerprint density at radius 3 is 2.40 bits per heavy atom. The summed E-state index contributed by atoms with van der Waals surface area (Å²) >= 11 is 0. The molecule has 2 fully saturated rings. The molecule has 0 bridgehead atoms. The van der Waals surface area contributed by atoms with Gasteiger partial charge in [-0.05, 0) is 26.7 Å². The Morgan fingerprint density at radius 2 is 1.88 bits per heavy atom. The highest BCUT2D eigenvalue weighted by Crippen LogP contribution is 2.21. The number of amides is 1. The van der Waals surface area contributed by atoms with Gasteiger partial charge in [-0.25, -0.2) is 0 Å². The van der Waals surface area contributed by atoms with Crippen LogP contribution in [0.3, 0.4) is 0 Å². The monoisotopic (exact) mass is 349 g/mol. The van der Waals surface area contributed by atoms with Crippen molar-refractivity contribution in [3.63, 3.8) is 0 Å². The van der Waals surface area contributed by atoms with E-state index in [1.807, 2.05) is 7.05 Å². The van der Waals surface area contributed by atoms with Gasteiger partial charge in [-0.2, -0.15) is 9.97 Å². The van der Waals surface area contributed by atoms with Crippen LogP contribution in [0.5, 0.6) is 6.01 Å². The normalized spacial score (nSPS) is 19.5. The smallest absolute Gasteiger partial charge is 0.317 e. The van der Waals surface area contributed by atoms with Crippen molar-refractivity contribution in [1.29, 1.82) is 0 Å². The average molecular weight is 349 g/mol. The topological polar surface area (TPSA) is 93.8 Å². The zero-order chi connectivity index (χ0) is 18.0. The van der Waals surface area contributed by atoms with Crippen LogP contribution in [0.4, 0.5) is 5.69 Å². The molecule has 0 atom stereocenters. The number of rotatable bonds is 5. The van der Waals surface area contributed by atoms with Crippen LogP contribution in [-0.4, -0.2) is 77.7 Å². The van der Waals surface area contributed by atoms with Crippen molar-refractivity contribution in [1.82, 2.24) is 19.8 Å². The quantitative estimate of drug-likeness (QED) is 0.821. The summed E-state index contributed by atoms with van der Waals surface area (Å²) in [5, 5.41) is 0. The van der Waals surface area contributed by atoms with Gasteiger partial charge in [-0.15, -0.1) is 0 Å². The van der Waals surface area contributed by atoms with E-state index in [9.17, 15) is 4.79 Å². The molecule has 8 heteroatoms. The maximum atomic E-state index is 12.4. The van der Waals surface area contributed by atoms with Gasteiger partial charge in [0, 0.05) is 26.2 Å². The standard InChI is InChI=1S/C17H27N5O3/c1-11-16(18)12(2)20-17(19-11)25-10-15(23)21(3)13-4-6-22(7-5-13)14-8-24-9-14/h13-14H,4-10,18H2,1-3H3. The van der Waals surface area contributed by atoms with Gasteiger partial charge in [-0.3, -0.25) is 9.69 Å². The second-order valence-electron chi connectivity index (χ2n) is 6.84. The zero-order valence-corrected chi connectivity index (χ0v) is 15.2. The molecule has 2 aliphatic rings. The molecular formula is C17H27N5O3. The van der Waals surface area contributed by atoms with Gasteiger partial charge in [0.25, 0.3) is 5.91 Å². The number of carbonyl (C=O) groups is 1. The molecule has 0 spiro atoms. The number of aryl methyl sites for hydroxylation is 2. The van der Waals surface area contributed by atoms with E-state index >= 15 is 0 Å². The minimum Gasteiger partial charge on any atom is -0.453 e. The third kappa shape index (κ3) is 4.01. The Hall–Kier alpha value is -1.93. The van der Waals surface area contributed by atoms with Gasteiger partial charge in [0.1, 0.15) is 0 Å². The first-order valence-corrected chi connectivity index (χ1v) is 8.76. The van der Waals surface area contributed by atoms with Crippen molar-refractivity contribution in [2.45, 2.75) is 38.8 Å². The first kappa shape index (κ1) is 17.9. The number of likely N-dealkylation sites (N-methyl/N-ethyl adjacent to an activating group) is 1. The summed E-state index contributed by atoms with van der Waals surface area (Å²) in [5.74, 6) is -0.0545. The number of likely N-dealkylation sites (tertiary alicyclic amines) is 1. The number of aromatic nitrogens is 2. The number of carbonyl (C=O) groups excluding carboxylic acids is 1. The number of nitrogen functional groups attached to an aromatic ring is 1. The van der Waals surface area contributed by atoms with Crippen LogP contribution in [0.2, 0.25) is 0 Å². The fourth-order valence-electron chi connectivity index (χ4n) is 3.26. The molecule has 8 nitrogen and oxygen atoms in total. The summed E-state index contributed by atoms with van der Waals surface area (Å²) in [6.45, 7) is 7.24. The molecule has 0 radical (unpaired) electrons. The second kappa shape index (κ2) is 7.53. The van der Waals surface area contributed by atoms with E-state index in [0.29, 0.717) is 23.1 Å². The lowest BCUT2D eigenvalue weighted by atomic mass is 10.0. The van der Waals surface area contributed by atoms with Crippen LogP contribution in [0.1, 0.15) is 24.2 Å². The minimum atomic E-state index is -0.0595. The Balaban J connectivity index is 1.48. The SMILES string of the molecule is Cc1nc(OCC(=O)N(C)C2CCN(C3COC3)CC2)nc(C)c1N. The summed E-state index contributed by atoms with van der Waals surface area (Å²) in [5.41, 5.74) is 7.71. The highest BCUT2D eigenvalue weighted by Gasteiger charge is 2.31. The highest BCUT2D eigenvalue weighted by molar-refractivity contribution is 5.77. The average Bonchev–Trinajstić information content (AvgIpc) is 2.56. The first-order valence-electron chi connectivity index (χ1n) is 8.76. The molecule has 0 unspecified atom stereocenters. The van der Waals surface area contributed by atoms with E-state index in [-0.39, 0.29) is 24.6 Å². The van der Waals surface area contributed by atoms with Gasteiger partial charge in [0.2, 0.25) is 0 Å². The molecule has 0 aromatic carbocycles. The van der Waals surface area contributed by atoms with E-state index in [1.165, 1.54) is 0 Å². The first-order chi connectivity index (χ1) is 12.0. The number of hydrogen-bond acceptors (Lipinski definition) is 7. The van der Waals surface area contributed by atoms with Gasteiger partial charge >= 0.3 is 6.01 Å². The van der Waals surface area contributed by atoms with Crippen LogP contribution < -0.4 is 10.5 Å². The number of hydrogen-bond donors (Lipinski definition) is 1. The van der Waals surface area contributed by atoms with Gasteiger partial charge < -0.3 is 20.1 Å². The molecule has 0 aliphatic carbocycles. The number of nitrogens with two attached hydrogens (primary N) is 1. The summed E-state index contributed by atoms with van der Waals surface area (Å²) in [7, 11) is 1.85. The summed E-state index contributed by atoms with van der Waals surface area (Å²) < 4.78 is 10.7. The molecule has 3 heterocycles. The lowest BCUT2D eigenvalue weighted by molar-refractivity contribution is -0.136. The van der Waals surface area contributed by atoms with Crippen molar-refractivity contribution < 1.29 is 14.3 Å². The lowest BCUT2D eigenvalue weighted by Crippen LogP contribution is -2.54. The number of ether oxygens (including phenoxy) is 2. The maximum absolute atomic E-state index is 12.4. The molecule has 2 saturated heterocycles. The van der Waals surface area contributed by atoms with E-state index < -0.39 is 0 Å². The Bertz CT molecular complexity index is 604. The van der Waals surface area contributed by atoms with Crippen LogP contribution in [-0.2, 0) is 9.53 Å². The third-order valence-corrected chi connectivity index (χ3v) is 5.21. The van der Waals surface area contributed by atoms with Crippen LogP contribution >= 0.6 is 0 Å². The van der Waals surface area contributed by atoms with Crippen molar-refractivity contribution in [3.8, 4) is 6.01 Å².